The number of nitriles is 1. The number of amides is 1. The maximum absolute atomic E-state index is 12.6. The third kappa shape index (κ3) is 4.67. The molecule has 25 heavy (non-hydrogen) atoms. The maximum atomic E-state index is 12.6. The zero-order valence-electron chi connectivity index (χ0n) is 12.4. The summed E-state index contributed by atoms with van der Waals surface area (Å²) < 4.78 is 37.9. The Kier molecular flexibility index (Phi) is 5.23. The normalized spacial score (nSPS) is 10.8. The number of aromatic nitrogens is 2. The summed E-state index contributed by atoms with van der Waals surface area (Å²) in [4.78, 5) is 18.1. The van der Waals surface area contributed by atoms with Crippen LogP contribution >= 0.6 is 12.2 Å². The minimum absolute atomic E-state index is 0.00364. The number of nitrogens with two attached hydrogens (primary N) is 1. The third-order valence-corrected chi connectivity index (χ3v) is 3.25. The van der Waals surface area contributed by atoms with E-state index in [9.17, 15) is 18.0 Å². The van der Waals surface area contributed by atoms with Crippen molar-refractivity contribution >= 4 is 35.6 Å². The third-order valence-electron chi connectivity index (χ3n) is 2.95. The van der Waals surface area contributed by atoms with E-state index in [2.05, 4.69) is 20.6 Å². The number of carbonyl (C=O) groups excluding carboxylic acids is 1. The highest BCUT2D eigenvalue weighted by atomic mass is 32.1. The zero-order valence-corrected chi connectivity index (χ0v) is 13.3. The van der Waals surface area contributed by atoms with Crippen LogP contribution in [-0.4, -0.2) is 22.4 Å². The van der Waals surface area contributed by atoms with Gasteiger partial charge in [-0.3, -0.25) is 4.79 Å². The summed E-state index contributed by atoms with van der Waals surface area (Å²) in [6, 6.07) is 6.03. The van der Waals surface area contributed by atoms with Crippen LogP contribution in [-0.2, 0) is 11.0 Å². The highest BCUT2D eigenvalue weighted by Crippen LogP contribution is 2.30. The second kappa shape index (κ2) is 7.18. The summed E-state index contributed by atoms with van der Waals surface area (Å²) in [7, 11) is 0. The van der Waals surface area contributed by atoms with Crippen molar-refractivity contribution in [1.29, 1.82) is 5.26 Å². The number of nitrogens with zero attached hydrogens (tertiary/aromatic N) is 2. The molecule has 0 aliphatic heterocycles. The Hall–Kier alpha value is -3.13. The second-order valence-corrected chi connectivity index (χ2v) is 5.16. The van der Waals surface area contributed by atoms with Crippen molar-refractivity contribution in [2.24, 2.45) is 0 Å². The van der Waals surface area contributed by atoms with Crippen LogP contribution < -0.4 is 16.4 Å². The Morgan fingerprint density at radius 2 is 2.16 bits per heavy atom. The molecule has 0 aliphatic rings. The van der Waals surface area contributed by atoms with Crippen molar-refractivity contribution < 1.29 is 18.0 Å². The molecule has 7 nitrogen and oxygen atoms in total. The fourth-order valence-electron chi connectivity index (χ4n) is 1.87. The Morgan fingerprint density at radius 3 is 2.80 bits per heavy atom. The second-order valence-electron chi connectivity index (χ2n) is 4.77. The van der Waals surface area contributed by atoms with E-state index < -0.39 is 17.6 Å². The van der Waals surface area contributed by atoms with Crippen molar-refractivity contribution in [3.05, 3.63) is 40.0 Å². The first kappa shape index (κ1) is 18.2. The van der Waals surface area contributed by atoms with Gasteiger partial charge in [0.2, 0.25) is 5.91 Å². The van der Waals surface area contributed by atoms with Crippen LogP contribution in [0.15, 0.2) is 24.3 Å². The number of hydrogen-bond donors (Lipinski definition) is 4. The topological polar surface area (TPSA) is 120 Å². The number of carbonyl (C=O) groups is 1. The van der Waals surface area contributed by atoms with Gasteiger partial charge in [-0.05, 0) is 18.2 Å². The van der Waals surface area contributed by atoms with Gasteiger partial charge < -0.3 is 21.4 Å². The highest BCUT2D eigenvalue weighted by Gasteiger charge is 2.30. The average Bonchev–Trinajstić information content (AvgIpc) is 2.52. The molecule has 0 atom stereocenters. The fraction of sp³-hybridized carbons (Fsp3) is 0.143. The van der Waals surface area contributed by atoms with Crippen molar-refractivity contribution in [2.75, 3.05) is 22.9 Å². The standard InChI is InChI=1S/C14H11F3N6OS/c15-14(16,17)7-2-1-3-8(4-7)21-10(24)6-20-11-9(5-18)12(25)23-13(19)22-11/h1-4H,6H2,(H,21,24)(H4,19,20,22,23,25). The number of aromatic amines is 1. The number of hydrogen-bond acceptors (Lipinski definition) is 6. The number of anilines is 3. The fourth-order valence-corrected chi connectivity index (χ4v) is 2.12. The number of halogens is 3. The number of nitrogens with one attached hydrogen (secondary N) is 3. The van der Waals surface area contributed by atoms with E-state index in [-0.39, 0.29) is 34.2 Å². The van der Waals surface area contributed by atoms with Gasteiger partial charge in [0.1, 0.15) is 17.5 Å². The van der Waals surface area contributed by atoms with E-state index in [0.29, 0.717) is 0 Å². The van der Waals surface area contributed by atoms with Crippen molar-refractivity contribution in [1.82, 2.24) is 9.97 Å². The first-order chi connectivity index (χ1) is 11.7. The van der Waals surface area contributed by atoms with Crippen LogP contribution in [0.25, 0.3) is 0 Å². The van der Waals surface area contributed by atoms with Gasteiger partial charge in [0.25, 0.3) is 0 Å². The molecular formula is C14H11F3N6OS. The molecule has 130 valence electrons. The van der Waals surface area contributed by atoms with Gasteiger partial charge in [-0.25, -0.2) is 4.98 Å². The van der Waals surface area contributed by atoms with Crippen LogP contribution in [0, 0.1) is 16.0 Å². The molecule has 0 saturated carbocycles. The molecule has 0 spiro atoms. The smallest absolute Gasteiger partial charge is 0.369 e. The number of nitrogen functional groups attached to an aromatic ring is 1. The van der Waals surface area contributed by atoms with Gasteiger partial charge >= 0.3 is 6.18 Å². The Bertz CT molecular complexity index is 903. The van der Waals surface area contributed by atoms with Crippen LogP contribution in [0.5, 0.6) is 0 Å². The summed E-state index contributed by atoms with van der Waals surface area (Å²) in [6.45, 7) is -0.334. The number of H-pyrrole nitrogens is 1. The predicted molar refractivity (Wildman–Crippen MR) is 87.1 cm³/mol. The SMILES string of the molecule is N#Cc1c(NCC(=O)Nc2cccc(C(F)(F)F)c2)[nH]c(N)nc1=S. The van der Waals surface area contributed by atoms with Crippen molar-refractivity contribution in [3.8, 4) is 6.07 Å². The van der Waals surface area contributed by atoms with Gasteiger partial charge in [-0.15, -0.1) is 0 Å². The van der Waals surface area contributed by atoms with E-state index >= 15 is 0 Å². The van der Waals surface area contributed by atoms with Gasteiger partial charge in [-0.1, -0.05) is 18.3 Å². The van der Waals surface area contributed by atoms with Gasteiger partial charge in [0.15, 0.2) is 10.6 Å². The lowest BCUT2D eigenvalue weighted by atomic mass is 10.2. The molecule has 11 heteroatoms. The molecule has 0 fully saturated rings. The molecule has 0 unspecified atom stereocenters. The van der Waals surface area contributed by atoms with Crippen molar-refractivity contribution in [2.45, 2.75) is 6.18 Å². The highest BCUT2D eigenvalue weighted by molar-refractivity contribution is 7.71. The van der Waals surface area contributed by atoms with Crippen LogP contribution in [0.4, 0.5) is 30.6 Å². The average molecular weight is 368 g/mol. The van der Waals surface area contributed by atoms with E-state index in [4.69, 9.17) is 23.2 Å². The lowest BCUT2D eigenvalue weighted by Crippen LogP contribution is -2.23. The predicted octanol–water partition coefficient (Wildman–Crippen LogP) is 2.66. The molecule has 1 amide bonds. The molecule has 0 saturated heterocycles. The summed E-state index contributed by atoms with van der Waals surface area (Å²) >= 11 is 4.88. The molecule has 2 aromatic rings. The first-order valence-corrected chi connectivity index (χ1v) is 7.12. The van der Waals surface area contributed by atoms with Crippen LogP contribution in [0.3, 0.4) is 0 Å². The van der Waals surface area contributed by atoms with Crippen LogP contribution in [0.1, 0.15) is 11.1 Å². The molecule has 1 aromatic carbocycles. The van der Waals surface area contributed by atoms with Crippen LogP contribution in [0.2, 0.25) is 0 Å². The summed E-state index contributed by atoms with van der Waals surface area (Å²) in [6.07, 6.45) is -4.51. The lowest BCUT2D eigenvalue weighted by Gasteiger charge is -2.11. The van der Waals surface area contributed by atoms with E-state index in [1.165, 1.54) is 12.1 Å². The Balaban J connectivity index is 2.08. The largest absolute Gasteiger partial charge is 0.416 e. The zero-order chi connectivity index (χ0) is 18.6. The molecular weight excluding hydrogens is 357 g/mol. The minimum atomic E-state index is -4.51. The molecule has 0 aliphatic carbocycles. The number of benzene rings is 1. The number of rotatable bonds is 4. The first-order valence-electron chi connectivity index (χ1n) is 6.71. The monoisotopic (exact) mass is 368 g/mol. The summed E-state index contributed by atoms with van der Waals surface area (Å²) in [5, 5.41) is 14.0. The minimum Gasteiger partial charge on any atom is -0.369 e. The Labute approximate surface area is 144 Å². The molecule has 1 heterocycles. The molecule has 0 bridgehead atoms. The maximum Gasteiger partial charge on any atom is 0.416 e. The number of alkyl halides is 3. The lowest BCUT2D eigenvalue weighted by molar-refractivity contribution is -0.137. The molecule has 1 aromatic heterocycles. The summed E-state index contributed by atoms with van der Waals surface area (Å²) in [5.74, 6) is -0.582. The van der Waals surface area contributed by atoms with Gasteiger partial charge in [-0.2, -0.15) is 18.4 Å². The summed E-state index contributed by atoms with van der Waals surface area (Å²) in [5.41, 5.74) is 4.59. The van der Waals surface area contributed by atoms with E-state index in [1.807, 2.05) is 6.07 Å². The van der Waals surface area contributed by atoms with E-state index in [1.54, 1.807) is 0 Å². The molecule has 0 radical (unpaired) electrons. The van der Waals surface area contributed by atoms with Crippen molar-refractivity contribution in [3.63, 3.8) is 0 Å². The van der Waals surface area contributed by atoms with Gasteiger partial charge in [0, 0.05) is 5.69 Å². The van der Waals surface area contributed by atoms with Gasteiger partial charge in [0.05, 0.1) is 12.1 Å². The molecule has 2 rings (SSSR count). The Morgan fingerprint density at radius 1 is 1.44 bits per heavy atom. The quantitative estimate of drug-likeness (QED) is 0.616. The molecule has 5 N–H and O–H groups in total. The van der Waals surface area contributed by atoms with E-state index in [0.717, 1.165) is 12.1 Å².